The molecular weight excluding hydrogens is 224 g/mol. The van der Waals surface area contributed by atoms with Gasteiger partial charge in [-0.2, -0.15) is 0 Å². The van der Waals surface area contributed by atoms with Crippen molar-refractivity contribution in [3.05, 3.63) is 16.3 Å². The van der Waals surface area contributed by atoms with Crippen LogP contribution >= 0.6 is 11.3 Å². The monoisotopic (exact) mass is 238 g/mol. The van der Waals surface area contributed by atoms with Gasteiger partial charge in [0.05, 0.1) is 5.69 Å². The molecule has 5 heteroatoms. The standard InChI is InChI=1S/C11H14N2O2S/c1-6(2)5-8-10(14)12-7-3-4-16-9(7)11(15)13-8/h3-4,6,8H,5H2,1-2H3,(H,12,14)(H,13,15). The Kier molecular flexibility index (Phi) is 2.96. The van der Waals surface area contributed by atoms with Crippen LogP contribution in [-0.2, 0) is 4.79 Å². The third-order valence-electron chi connectivity index (χ3n) is 2.46. The molecule has 0 fully saturated rings. The molecule has 0 saturated heterocycles. The summed E-state index contributed by atoms with van der Waals surface area (Å²) >= 11 is 1.34. The predicted molar refractivity (Wildman–Crippen MR) is 63.7 cm³/mol. The van der Waals surface area contributed by atoms with Crippen LogP contribution in [0.5, 0.6) is 0 Å². The van der Waals surface area contributed by atoms with Gasteiger partial charge in [0.25, 0.3) is 5.91 Å². The van der Waals surface area contributed by atoms with E-state index in [4.69, 9.17) is 0 Å². The number of thiophene rings is 1. The van der Waals surface area contributed by atoms with Gasteiger partial charge in [0, 0.05) is 0 Å². The van der Waals surface area contributed by atoms with Crippen molar-refractivity contribution in [2.75, 3.05) is 5.32 Å². The normalized spacial score (nSPS) is 20.1. The number of hydrogen-bond donors (Lipinski definition) is 2. The fourth-order valence-electron chi connectivity index (χ4n) is 1.73. The predicted octanol–water partition coefficient (Wildman–Crippen LogP) is 1.84. The van der Waals surface area contributed by atoms with E-state index < -0.39 is 6.04 Å². The average Bonchev–Trinajstić information content (AvgIpc) is 2.60. The Labute approximate surface area is 98.0 Å². The zero-order valence-electron chi connectivity index (χ0n) is 9.24. The third kappa shape index (κ3) is 2.09. The Hall–Kier alpha value is -1.36. The van der Waals surface area contributed by atoms with Crippen molar-refractivity contribution >= 4 is 28.8 Å². The summed E-state index contributed by atoms with van der Waals surface area (Å²) in [6.45, 7) is 4.06. The zero-order chi connectivity index (χ0) is 11.7. The lowest BCUT2D eigenvalue weighted by Crippen LogP contribution is -2.41. The second-order valence-corrected chi connectivity index (χ2v) is 5.22. The van der Waals surface area contributed by atoms with Gasteiger partial charge in [0.15, 0.2) is 0 Å². The maximum atomic E-state index is 11.8. The van der Waals surface area contributed by atoms with Crippen LogP contribution in [0.15, 0.2) is 11.4 Å². The van der Waals surface area contributed by atoms with Crippen molar-refractivity contribution < 1.29 is 9.59 Å². The summed E-state index contributed by atoms with van der Waals surface area (Å²) in [4.78, 5) is 24.2. The van der Waals surface area contributed by atoms with Gasteiger partial charge in [0.1, 0.15) is 10.9 Å². The van der Waals surface area contributed by atoms with E-state index in [1.807, 2.05) is 13.8 Å². The van der Waals surface area contributed by atoms with E-state index >= 15 is 0 Å². The lowest BCUT2D eigenvalue weighted by molar-refractivity contribution is -0.118. The minimum Gasteiger partial charge on any atom is -0.339 e. The molecule has 16 heavy (non-hydrogen) atoms. The van der Waals surface area contributed by atoms with E-state index in [2.05, 4.69) is 10.6 Å². The Bertz CT molecular complexity index is 425. The molecule has 2 amide bonds. The topological polar surface area (TPSA) is 58.2 Å². The lowest BCUT2D eigenvalue weighted by Gasteiger charge is -2.16. The Morgan fingerprint density at radius 3 is 2.88 bits per heavy atom. The van der Waals surface area contributed by atoms with Gasteiger partial charge in [0.2, 0.25) is 5.91 Å². The fraction of sp³-hybridized carbons (Fsp3) is 0.455. The summed E-state index contributed by atoms with van der Waals surface area (Å²) in [6.07, 6.45) is 0.659. The summed E-state index contributed by atoms with van der Waals surface area (Å²) in [5.74, 6) is 0.0837. The highest BCUT2D eigenvalue weighted by Gasteiger charge is 2.28. The zero-order valence-corrected chi connectivity index (χ0v) is 10.1. The molecule has 1 unspecified atom stereocenters. The highest BCUT2D eigenvalue weighted by molar-refractivity contribution is 7.12. The molecule has 2 rings (SSSR count). The molecule has 2 heterocycles. The van der Waals surface area contributed by atoms with Crippen molar-refractivity contribution in [1.29, 1.82) is 0 Å². The number of carbonyl (C=O) groups excluding carboxylic acids is 2. The summed E-state index contributed by atoms with van der Waals surface area (Å²) in [5.41, 5.74) is 0.624. The number of hydrogen-bond acceptors (Lipinski definition) is 3. The number of carbonyl (C=O) groups is 2. The van der Waals surface area contributed by atoms with E-state index in [0.717, 1.165) is 0 Å². The van der Waals surface area contributed by atoms with Crippen LogP contribution in [0.3, 0.4) is 0 Å². The summed E-state index contributed by atoms with van der Waals surface area (Å²) in [5, 5.41) is 7.34. The Morgan fingerprint density at radius 2 is 2.19 bits per heavy atom. The summed E-state index contributed by atoms with van der Waals surface area (Å²) in [6, 6.07) is 1.34. The number of amides is 2. The average molecular weight is 238 g/mol. The SMILES string of the molecule is CC(C)CC1NC(=O)c2sccc2NC1=O. The van der Waals surface area contributed by atoms with Gasteiger partial charge in [-0.05, 0) is 23.8 Å². The molecule has 0 bridgehead atoms. The van der Waals surface area contributed by atoms with Gasteiger partial charge in [-0.15, -0.1) is 11.3 Å². The molecule has 0 aromatic carbocycles. The van der Waals surface area contributed by atoms with E-state index in [9.17, 15) is 9.59 Å². The second kappa shape index (κ2) is 4.25. The van der Waals surface area contributed by atoms with E-state index in [0.29, 0.717) is 22.9 Å². The summed E-state index contributed by atoms with van der Waals surface area (Å²) in [7, 11) is 0. The van der Waals surface area contributed by atoms with E-state index in [1.165, 1.54) is 11.3 Å². The van der Waals surface area contributed by atoms with Crippen LogP contribution in [0.1, 0.15) is 29.9 Å². The molecule has 1 atom stereocenters. The third-order valence-corrected chi connectivity index (χ3v) is 3.37. The minimum atomic E-state index is -0.424. The Morgan fingerprint density at radius 1 is 1.44 bits per heavy atom. The maximum Gasteiger partial charge on any atom is 0.264 e. The van der Waals surface area contributed by atoms with Crippen LogP contribution in [0.4, 0.5) is 5.69 Å². The number of rotatable bonds is 2. The highest BCUT2D eigenvalue weighted by atomic mass is 32.1. The first kappa shape index (κ1) is 11.1. The first-order chi connectivity index (χ1) is 7.58. The highest BCUT2D eigenvalue weighted by Crippen LogP contribution is 2.25. The van der Waals surface area contributed by atoms with Crippen molar-refractivity contribution in [2.45, 2.75) is 26.3 Å². The number of nitrogens with one attached hydrogen (secondary N) is 2. The smallest absolute Gasteiger partial charge is 0.264 e. The molecule has 1 aromatic heterocycles. The molecule has 0 radical (unpaired) electrons. The van der Waals surface area contributed by atoms with Gasteiger partial charge in [-0.3, -0.25) is 9.59 Å². The molecule has 0 spiro atoms. The molecule has 1 aromatic rings. The molecule has 86 valence electrons. The second-order valence-electron chi connectivity index (χ2n) is 4.31. The van der Waals surface area contributed by atoms with Crippen LogP contribution in [0, 0.1) is 5.92 Å². The summed E-state index contributed by atoms with van der Waals surface area (Å²) < 4.78 is 0. The fourth-order valence-corrected chi connectivity index (χ4v) is 2.48. The maximum absolute atomic E-state index is 11.8. The molecular formula is C11H14N2O2S. The van der Waals surface area contributed by atoms with Gasteiger partial charge >= 0.3 is 0 Å². The van der Waals surface area contributed by atoms with Crippen LogP contribution in [0.2, 0.25) is 0 Å². The van der Waals surface area contributed by atoms with Gasteiger partial charge < -0.3 is 10.6 Å². The Balaban J connectivity index is 2.23. The quantitative estimate of drug-likeness (QED) is 0.826. The molecule has 2 N–H and O–H groups in total. The van der Waals surface area contributed by atoms with Crippen LogP contribution in [-0.4, -0.2) is 17.9 Å². The van der Waals surface area contributed by atoms with Crippen molar-refractivity contribution in [2.24, 2.45) is 5.92 Å². The molecule has 1 aliphatic rings. The molecule has 4 nitrogen and oxygen atoms in total. The minimum absolute atomic E-state index is 0.126. The van der Waals surface area contributed by atoms with Crippen LogP contribution < -0.4 is 10.6 Å². The number of fused-ring (bicyclic) bond motifs is 1. The van der Waals surface area contributed by atoms with Crippen molar-refractivity contribution in [1.82, 2.24) is 5.32 Å². The first-order valence-corrected chi connectivity index (χ1v) is 6.15. The van der Waals surface area contributed by atoms with Gasteiger partial charge in [-0.1, -0.05) is 13.8 Å². The molecule has 0 saturated carbocycles. The van der Waals surface area contributed by atoms with Crippen LogP contribution in [0.25, 0.3) is 0 Å². The van der Waals surface area contributed by atoms with E-state index in [-0.39, 0.29) is 11.8 Å². The number of anilines is 1. The van der Waals surface area contributed by atoms with Crippen molar-refractivity contribution in [3.8, 4) is 0 Å². The molecule has 1 aliphatic heterocycles. The first-order valence-electron chi connectivity index (χ1n) is 5.27. The van der Waals surface area contributed by atoms with Crippen molar-refractivity contribution in [3.63, 3.8) is 0 Å². The molecule has 0 aliphatic carbocycles. The largest absolute Gasteiger partial charge is 0.339 e. The van der Waals surface area contributed by atoms with Gasteiger partial charge in [-0.25, -0.2) is 0 Å². The van der Waals surface area contributed by atoms with E-state index in [1.54, 1.807) is 11.4 Å². The lowest BCUT2D eigenvalue weighted by atomic mass is 10.0.